The number of pyridine rings is 2. The molecule has 4 heteroatoms. The van der Waals surface area contributed by atoms with Crippen molar-refractivity contribution in [3.05, 3.63) is 91.4 Å². The summed E-state index contributed by atoms with van der Waals surface area (Å²) in [6.07, 6.45) is 5.49. The highest BCUT2D eigenvalue weighted by atomic mass is 15.1. The molecule has 27 heavy (non-hydrogen) atoms. The van der Waals surface area contributed by atoms with E-state index in [2.05, 4.69) is 51.6 Å². The molecule has 0 fully saturated rings. The van der Waals surface area contributed by atoms with E-state index in [0.29, 0.717) is 0 Å². The number of H-pyrrole nitrogens is 1. The number of hydrogen-bond acceptors (Lipinski definition) is 3. The molecule has 0 aliphatic rings. The lowest BCUT2D eigenvalue weighted by atomic mass is 9.90. The number of rotatable bonds is 3. The van der Waals surface area contributed by atoms with Crippen molar-refractivity contribution in [2.24, 2.45) is 0 Å². The van der Waals surface area contributed by atoms with Gasteiger partial charge in [-0.25, -0.2) is 4.98 Å². The lowest BCUT2D eigenvalue weighted by Crippen LogP contribution is -1.95. The highest BCUT2D eigenvalue weighted by Crippen LogP contribution is 2.42. The lowest BCUT2D eigenvalue weighted by molar-refractivity contribution is 1.10. The van der Waals surface area contributed by atoms with Crippen LogP contribution in [0.15, 0.2) is 91.4 Å². The van der Waals surface area contributed by atoms with Gasteiger partial charge in [0.2, 0.25) is 0 Å². The summed E-state index contributed by atoms with van der Waals surface area (Å²) < 4.78 is 0. The first kappa shape index (κ1) is 15.5. The van der Waals surface area contributed by atoms with E-state index in [0.717, 1.165) is 44.5 Å². The number of fused-ring (bicyclic) bond motifs is 1. The summed E-state index contributed by atoms with van der Waals surface area (Å²) in [5, 5.41) is 8.31. The molecule has 0 saturated heterocycles. The minimum Gasteiger partial charge on any atom is -0.265 e. The molecule has 0 amide bonds. The molecule has 0 atom stereocenters. The van der Waals surface area contributed by atoms with Gasteiger partial charge < -0.3 is 0 Å². The van der Waals surface area contributed by atoms with Crippen LogP contribution in [0, 0.1) is 0 Å². The van der Waals surface area contributed by atoms with E-state index in [1.54, 1.807) is 0 Å². The average Bonchev–Trinajstić information content (AvgIpc) is 3.23. The van der Waals surface area contributed by atoms with E-state index in [9.17, 15) is 0 Å². The van der Waals surface area contributed by atoms with Crippen molar-refractivity contribution in [2.45, 2.75) is 0 Å². The standard InChI is InChI=1S/C23H16N4/c1-3-7-16(8-4-1)20-19-15-25-27-23(19)26-22(18-9-5-2-6-10-18)21(20)17-11-13-24-14-12-17/h1-15H,(H,25,26,27). The molecular weight excluding hydrogens is 332 g/mol. The van der Waals surface area contributed by atoms with E-state index in [1.807, 2.05) is 55.0 Å². The van der Waals surface area contributed by atoms with Crippen LogP contribution in [0.1, 0.15) is 0 Å². The molecule has 0 aliphatic carbocycles. The van der Waals surface area contributed by atoms with Crippen molar-refractivity contribution in [3.63, 3.8) is 0 Å². The van der Waals surface area contributed by atoms with Crippen LogP contribution in [0.3, 0.4) is 0 Å². The molecule has 0 saturated carbocycles. The first-order chi connectivity index (χ1) is 13.4. The Morgan fingerprint density at radius 2 is 1.26 bits per heavy atom. The van der Waals surface area contributed by atoms with Gasteiger partial charge >= 0.3 is 0 Å². The Morgan fingerprint density at radius 1 is 0.630 bits per heavy atom. The van der Waals surface area contributed by atoms with Crippen molar-refractivity contribution in [1.82, 2.24) is 20.2 Å². The maximum atomic E-state index is 4.93. The van der Waals surface area contributed by atoms with Gasteiger partial charge in [0.15, 0.2) is 5.65 Å². The molecule has 4 nitrogen and oxygen atoms in total. The highest BCUT2D eigenvalue weighted by Gasteiger charge is 2.20. The first-order valence-electron chi connectivity index (χ1n) is 8.80. The minimum absolute atomic E-state index is 0.783. The topological polar surface area (TPSA) is 54.5 Å². The molecular formula is C23H16N4. The summed E-state index contributed by atoms with van der Waals surface area (Å²) in [7, 11) is 0. The van der Waals surface area contributed by atoms with E-state index >= 15 is 0 Å². The van der Waals surface area contributed by atoms with Gasteiger partial charge in [0.1, 0.15) is 0 Å². The average molecular weight is 348 g/mol. The van der Waals surface area contributed by atoms with Crippen molar-refractivity contribution in [1.29, 1.82) is 0 Å². The second-order valence-electron chi connectivity index (χ2n) is 6.31. The van der Waals surface area contributed by atoms with Crippen LogP contribution in [0.4, 0.5) is 0 Å². The molecule has 3 heterocycles. The summed E-state index contributed by atoms with van der Waals surface area (Å²) in [6, 6.07) is 24.7. The molecule has 128 valence electrons. The van der Waals surface area contributed by atoms with Crippen LogP contribution in [-0.2, 0) is 0 Å². The molecule has 5 aromatic rings. The lowest BCUT2D eigenvalue weighted by Gasteiger charge is -2.16. The zero-order valence-electron chi connectivity index (χ0n) is 14.5. The van der Waals surface area contributed by atoms with E-state index < -0.39 is 0 Å². The van der Waals surface area contributed by atoms with Crippen LogP contribution >= 0.6 is 0 Å². The Bertz CT molecular complexity index is 1200. The fourth-order valence-corrected chi connectivity index (χ4v) is 3.48. The van der Waals surface area contributed by atoms with Crippen LogP contribution < -0.4 is 0 Å². The fraction of sp³-hybridized carbons (Fsp3) is 0. The number of hydrogen-bond donors (Lipinski definition) is 1. The zero-order valence-corrected chi connectivity index (χ0v) is 14.5. The van der Waals surface area contributed by atoms with Crippen LogP contribution in [0.5, 0.6) is 0 Å². The maximum absolute atomic E-state index is 4.93. The third-order valence-electron chi connectivity index (χ3n) is 4.68. The SMILES string of the molecule is c1ccc(-c2nc3[nH]ncc3c(-c3ccccc3)c2-c2ccncc2)cc1. The Balaban J connectivity index is 1.95. The molecule has 2 aromatic carbocycles. The highest BCUT2D eigenvalue weighted by molar-refractivity contribution is 6.05. The summed E-state index contributed by atoms with van der Waals surface area (Å²) in [4.78, 5) is 9.12. The fourth-order valence-electron chi connectivity index (χ4n) is 3.48. The molecule has 0 bridgehead atoms. The quantitative estimate of drug-likeness (QED) is 0.478. The number of benzene rings is 2. The van der Waals surface area contributed by atoms with Crippen molar-refractivity contribution in [3.8, 4) is 33.5 Å². The molecule has 0 radical (unpaired) electrons. The van der Waals surface area contributed by atoms with Crippen LogP contribution in [0.2, 0.25) is 0 Å². The monoisotopic (exact) mass is 348 g/mol. The zero-order chi connectivity index (χ0) is 18.1. The first-order valence-corrected chi connectivity index (χ1v) is 8.80. The third kappa shape index (κ3) is 2.68. The van der Waals surface area contributed by atoms with Gasteiger partial charge in [-0.05, 0) is 23.3 Å². The number of aromatic amines is 1. The Kier molecular flexibility index (Phi) is 3.72. The van der Waals surface area contributed by atoms with E-state index in [1.165, 1.54) is 0 Å². The van der Waals surface area contributed by atoms with Gasteiger partial charge in [-0.2, -0.15) is 5.10 Å². The Hall–Kier alpha value is -3.79. The van der Waals surface area contributed by atoms with Gasteiger partial charge in [-0.3, -0.25) is 10.1 Å². The molecule has 3 aromatic heterocycles. The predicted octanol–water partition coefficient (Wildman–Crippen LogP) is 5.35. The van der Waals surface area contributed by atoms with Gasteiger partial charge in [0.05, 0.1) is 11.9 Å². The van der Waals surface area contributed by atoms with Crippen molar-refractivity contribution in [2.75, 3.05) is 0 Å². The largest absolute Gasteiger partial charge is 0.265 e. The van der Waals surface area contributed by atoms with E-state index in [-0.39, 0.29) is 0 Å². The summed E-state index contributed by atoms with van der Waals surface area (Å²) >= 11 is 0. The minimum atomic E-state index is 0.783. The van der Waals surface area contributed by atoms with Crippen molar-refractivity contribution < 1.29 is 0 Å². The van der Waals surface area contributed by atoms with Gasteiger partial charge in [-0.15, -0.1) is 0 Å². The van der Waals surface area contributed by atoms with E-state index in [4.69, 9.17) is 4.98 Å². The van der Waals surface area contributed by atoms with Gasteiger partial charge in [0.25, 0.3) is 0 Å². The number of nitrogens with one attached hydrogen (secondary N) is 1. The second kappa shape index (κ2) is 6.50. The smallest absolute Gasteiger partial charge is 0.156 e. The molecule has 0 unspecified atom stereocenters. The van der Waals surface area contributed by atoms with Gasteiger partial charge in [-0.1, -0.05) is 60.7 Å². The molecule has 0 aliphatic heterocycles. The Labute approximate surface area is 156 Å². The summed E-state index contributed by atoms with van der Waals surface area (Å²) in [5.74, 6) is 0. The molecule has 1 N–H and O–H groups in total. The molecule has 0 spiro atoms. The normalized spacial score (nSPS) is 11.0. The van der Waals surface area contributed by atoms with Gasteiger partial charge in [0, 0.05) is 34.5 Å². The number of nitrogens with zero attached hydrogens (tertiary/aromatic N) is 3. The Morgan fingerprint density at radius 3 is 1.96 bits per heavy atom. The van der Waals surface area contributed by atoms with Crippen LogP contribution in [0.25, 0.3) is 44.5 Å². The third-order valence-corrected chi connectivity index (χ3v) is 4.68. The summed E-state index contributed by atoms with van der Waals surface area (Å²) in [5.41, 5.74) is 7.21. The number of aromatic nitrogens is 4. The van der Waals surface area contributed by atoms with Crippen molar-refractivity contribution >= 4 is 11.0 Å². The maximum Gasteiger partial charge on any atom is 0.156 e. The second-order valence-corrected chi connectivity index (χ2v) is 6.31. The van der Waals surface area contributed by atoms with Crippen LogP contribution in [-0.4, -0.2) is 20.2 Å². The molecule has 5 rings (SSSR count). The predicted molar refractivity (Wildman–Crippen MR) is 108 cm³/mol. The summed E-state index contributed by atoms with van der Waals surface area (Å²) in [6.45, 7) is 0.